The van der Waals surface area contributed by atoms with E-state index in [2.05, 4.69) is 72.7 Å². The van der Waals surface area contributed by atoms with Gasteiger partial charge in [0.1, 0.15) is 0 Å². The van der Waals surface area contributed by atoms with Crippen molar-refractivity contribution in [1.29, 1.82) is 0 Å². The number of anilines is 1. The molecule has 1 aliphatic heterocycles. The molecule has 2 aliphatic rings. The van der Waals surface area contributed by atoms with Gasteiger partial charge in [0.25, 0.3) is 0 Å². The number of hydrogen-bond acceptors (Lipinski definition) is 4. The minimum Gasteiger partial charge on any atom is -0.384 e. The number of fused-ring (bicyclic) bond motifs is 1. The Bertz CT molecular complexity index is 967. The summed E-state index contributed by atoms with van der Waals surface area (Å²) in [6, 6.07) is 6.52. The van der Waals surface area contributed by atoms with Crippen LogP contribution in [0.5, 0.6) is 0 Å². The first-order valence-electron chi connectivity index (χ1n) is 10.0. The first-order valence-corrected chi connectivity index (χ1v) is 10.0. The van der Waals surface area contributed by atoms with E-state index in [0.717, 1.165) is 41.2 Å². The second-order valence-corrected chi connectivity index (χ2v) is 9.31. The SMILES string of the molecule is C=C1NCC(C)(C)c2cc(C(=C)c3cnc(NCC4(C)CC4)nc3C)ccc21. The summed E-state index contributed by atoms with van der Waals surface area (Å²) in [6.45, 7) is 19.2. The van der Waals surface area contributed by atoms with Crippen molar-refractivity contribution in [2.45, 2.75) is 46.0 Å². The van der Waals surface area contributed by atoms with Crippen molar-refractivity contribution < 1.29 is 0 Å². The molecule has 0 bridgehead atoms. The summed E-state index contributed by atoms with van der Waals surface area (Å²) in [5.41, 5.74) is 7.98. The van der Waals surface area contributed by atoms with Crippen molar-refractivity contribution >= 4 is 17.2 Å². The topological polar surface area (TPSA) is 49.8 Å². The lowest BCUT2D eigenvalue weighted by atomic mass is 9.77. The molecule has 0 spiro atoms. The van der Waals surface area contributed by atoms with Gasteiger partial charge in [-0.1, -0.05) is 46.1 Å². The standard InChI is InChI=1S/C24H30N4/c1-15(18-7-8-19-16(2)26-13-23(4,5)21(19)11-18)20-12-25-22(28-17(20)3)27-14-24(6)9-10-24/h7-8,11-12,26H,1-2,9-10,13-14H2,3-6H3,(H,25,27,28). The molecule has 1 aliphatic carbocycles. The molecule has 0 atom stereocenters. The first-order chi connectivity index (χ1) is 13.2. The number of rotatable bonds is 5. The van der Waals surface area contributed by atoms with E-state index in [9.17, 15) is 0 Å². The van der Waals surface area contributed by atoms with Gasteiger partial charge < -0.3 is 10.6 Å². The molecule has 1 fully saturated rings. The lowest BCUT2D eigenvalue weighted by Crippen LogP contribution is -2.37. The van der Waals surface area contributed by atoms with Gasteiger partial charge in [-0.2, -0.15) is 0 Å². The third-order valence-corrected chi connectivity index (χ3v) is 6.25. The van der Waals surface area contributed by atoms with Gasteiger partial charge in [-0.3, -0.25) is 0 Å². The summed E-state index contributed by atoms with van der Waals surface area (Å²) in [6.07, 6.45) is 4.46. The molecule has 0 amide bonds. The molecular formula is C24H30N4. The van der Waals surface area contributed by atoms with Gasteiger partial charge in [0.15, 0.2) is 0 Å². The molecule has 2 N–H and O–H groups in total. The van der Waals surface area contributed by atoms with E-state index in [0.29, 0.717) is 11.4 Å². The molecule has 0 radical (unpaired) electrons. The minimum absolute atomic E-state index is 0.0467. The van der Waals surface area contributed by atoms with Crippen LogP contribution in [0.1, 0.15) is 61.6 Å². The fraction of sp³-hybridized carbons (Fsp3) is 0.417. The van der Waals surface area contributed by atoms with Crippen molar-refractivity contribution in [3.8, 4) is 0 Å². The van der Waals surface area contributed by atoms with Crippen LogP contribution in [0.2, 0.25) is 0 Å². The molecular weight excluding hydrogens is 344 g/mol. The molecule has 1 saturated carbocycles. The van der Waals surface area contributed by atoms with E-state index >= 15 is 0 Å². The Kier molecular flexibility index (Phi) is 4.33. The minimum atomic E-state index is 0.0467. The van der Waals surface area contributed by atoms with E-state index in [1.165, 1.54) is 24.0 Å². The predicted molar refractivity (Wildman–Crippen MR) is 117 cm³/mol. The van der Waals surface area contributed by atoms with Crippen LogP contribution in [0.25, 0.3) is 11.3 Å². The highest BCUT2D eigenvalue weighted by Gasteiger charge is 2.37. The van der Waals surface area contributed by atoms with Gasteiger partial charge in [0.2, 0.25) is 5.95 Å². The fourth-order valence-corrected chi connectivity index (χ4v) is 3.76. The summed E-state index contributed by atoms with van der Waals surface area (Å²) >= 11 is 0. The Morgan fingerprint density at radius 3 is 2.68 bits per heavy atom. The van der Waals surface area contributed by atoms with Crippen LogP contribution in [0.4, 0.5) is 5.95 Å². The highest BCUT2D eigenvalue weighted by Crippen LogP contribution is 2.44. The first kappa shape index (κ1) is 18.7. The average molecular weight is 375 g/mol. The van der Waals surface area contributed by atoms with Crippen LogP contribution in [0, 0.1) is 12.3 Å². The molecule has 146 valence electrons. The highest BCUT2D eigenvalue weighted by molar-refractivity contribution is 5.81. The van der Waals surface area contributed by atoms with E-state index in [1.54, 1.807) is 0 Å². The number of nitrogens with zero attached hydrogens (tertiary/aromatic N) is 2. The Labute approximate surface area is 168 Å². The summed E-state index contributed by atoms with van der Waals surface area (Å²) in [4.78, 5) is 9.21. The second-order valence-electron chi connectivity index (χ2n) is 9.31. The van der Waals surface area contributed by atoms with Crippen LogP contribution in [0.3, 0.4) is 0 Å². The number of aromatic nitrogens is 2. The van der Waals surface area contributed by atoms with Gasteiger partial charge in [-0.25, -0.2) is 9.97 Å². The number of nitrogens with one attached hydrogen (secondary N) is 2. The monoisotopic (exact) mass is 374 g/mol. The van der Waals surface area contributed by atoms with Crippen LogP contribution >= 0.6 is 0 Å². The van der Waals surface area contributed by atoms with E-state index < -0.39 is 0 Å². The van der Waals surface area contributed by atoms with Crippen molar-refractivity contribution in [2.75, 3.05) is 18.4 Å². The Hall–Kier alpha value is -2.62. The van der Waals surface area contributed by atoms with E-state index in [1.807, 2.05) is 13.1 Å². The maximum Gasteiger partial charge on any atom is 0.222 e. The number of benzene rings is 1. The quantitative estimate of drug-likeness (QED) is 0.781. The molecule has 2 aromatic rings. The Morgan fingerprint density at radius 1 is 1.25 bits per heavy atom. The Balaban J connectivity index is 1.60. The largest absolute Gasteiger partial charge is 0.384 e. The van der Waals surface area contributed by atoms with Gasteiger partial charge >= 0.3 is 0 Å². The van der Waals surface area contributed by atoms with Crippen LogP contribution in [-0.2, 0) is 5.41 Å². The molecule has 1 aromatic heterocycles. The maximum absolute atomic E-state index is 4.67. The maximum atomic E-state index is 4.67. The van der Waals surface area contributed by atoms with Crippen LogP contribution < -0.4 is 10.6 Å². The van der Waals surface area contributed by atoms with Gasteiger partial charge in [-0.15, -0.1) is 0 Å². The smallest absolute Gasteiger partial charge is 0.222 e. The predicted octanol–water partition coefficient (Wildman–Crippen LogP) is 4.91. The molecule has 0 unspecified atom stereocenters. The molecule has 2 heterocycles. The zero-order valence-corrected chi connectivity index (χ0v) is 17.4. The van der Waals surface area contributed by atoms with Crippen molar-refractivity contribution in [2.24, 2.45) is 5.41 Å². The summed E-state index contributed by atoms with van der Waals surface area (Å²) in [5, 5.41) is 6.79. The fourth-order valence-electron chi connectivity index (χ4n) is 3.76. The van der Waals surface area contributed by atoms with E-state index in [4.69, 9.17) is 0 Å². The van der Waals surface area contributed by atoms with Gasteiger partial charge in [-0.05, 0) is 47.9 Å². The molecule has 1 aromatic carbocycles. The number of hydrogen-bond donors (Lipinski definition) is 2. The molecule has 4 rings (SSSR count). The molecule has 4 heteroatoms. The van der Waals surface area contributed by atoms with Crippen molar-refractivity contribution in [3.63, 3.8) is 0 Å². The lowest BCUT2D eigenvalue weighted by molar-refractivity contribution is 0.493. The highest BCUT2D eigenvalue weighted by atomic mass is 15.1. The number of aryl methyl sites for hydroxylation is 1. The molecule has 4 nitrogen and oxygen atoms in total. The summed E-state index contributed by atoms with van der Waals surface area (Å²) in [7, 11) is 0. The van der Waals surface area contributed by atoms with Crippen LogP contribution in [-0.4, -0.2) is 23.1 Å². The zero-order chi connectivity index (χ0) is 20.1. The van der Waals surface area contributed by atoms with Crippen molar-refractivity contribution in [1.82, 2.24) is 15.3 Å². The summed E-state index contributed by atoms with van der Waals surface area (Å²) in [5.74, 6) is 0.705. The third-order valence-electron chi connectivity index (χ3n) is 6.25. The van der Waals surface area contributed by atoms with Gasteiger partial charge in [0, 0.05) is 41.5 Å². The van der Waals surface area contributed by atoms with E-state index in [-0.39, 0.29) is 5.41 Å². The van der Waals surface area contributed by atoms with Crippen molar-refractivity contribution in [3.05, 3.63) is 65.5 Å². The Morgan fingerprint density at radius 2 is 2.00 bits per heavy atom. The molecule has 28 heavy (non-hydrogen) atoms. The van der Waals surface area contributed by atoms with Gasteiger partial charge in [0.05, 0.1) is 5.69 Å². The zero-order valence-electron chi connectivity index (χ0n) is 17.4. The normalized spacial score (nSPS) is 18.8. The third kappa shape index (κ3) is 3.44. The average Bonchev–Trinajstić information content (AvgIpc) is 3.40. The lowest BCUT2D eigenvalue weighted by Gasteiger charge is -2.35. The molecule has 0 saturated heterocycles. The summed E-state index contributed by atoms with van der Waals surface area (Å²) < 4.78 is 0. The second kappa shape index (κ2) is 6.47. The van der Waals surface area contributed by atoms with Crippen LogP contribution in [0.15, 0.2) is 37.6 Å².